The van der Waals surface area contributed by atoms with Gasteiger partial charge in [0.15, 0.2) is 29.7 Å². The van der Waals surface area contributed by atoms with Crippen LogP contribution in [0.2, 0.25) is 0 Å². The van der Waals surface area contributed by atoms with Gasteiger partial charge in [-0.1, -0.05) is 0 Å². The molecule has 2 aliphatic rings. The number of alkyl halides is 3. The Labute approximate surface area is 232 Å². The molecule has 4 N–H and O–H groups in total. The number of hydrogen-bond acceptors (Lipinski definition) is 12. The van der Waals surface area contributed by atoms with Crippen molar-refractivity contribution in [2.45, 2.75) is 83.4 Å². The third-order valence-electron chi connectivity index (χ3n) is 5.18. The number of nitrogens with one attached hydrogen (secondary N) is 3. The zero-order valence-corrected chi connectivity index (χ0v) is 22.9. The average Bonchev–Trinajstić information content (AvgIpc) is 3.33. The minimum absolute atomic E-state index is 0.213. The molecular weight excluding hydrogens is 571 g/mol. The molecule has 0 unspecified atom stereocenters. The van der Waals surface area contributed by atoms with Crippen molar-refractivity contribution in [3.05, 3.63) is 0 Å². The lowest BCUT2D eigenvalue weighted by Gasteiger charge is -2.44. The van der Waals surface area contributed by atoms with Crippen molar-refractivity contribution >= 4 is 47.2 Å². The third kappa shape index (κ3) is 12.7. The second kappa shape index (κ2) is 16.1. The van der Waals surface area contributed by atoms with Gasteiger partial charge in [-0.3, -0.25) is 19.2 Å². The van der Waals surface area contributed by atoms with Gasteiger partial charge in [0.1, 0.15) is 12.7 Å². The first kappa shape index (κ1) is 34.8. The summed E-state index contributed by atoms with van der Waals surface area (Å²) in [6, 6.07) is 0.264. The predicted octanol–water partition coefficient (Wildman–Crippen LogP) is -0.0811. The van der Waals surface area contributed by atoms with Crippen molar-refractivity contribution in [1.82, 2.24) is 16.0 Å². The molecule has 0 amide bonds. The van der Waals surface area contributed by atoms with Crippen molar-refractivity contribution < 1.29 is 65.9 Å². The zero-order chi connectivity index (χ0) is 30.6. The fourth-order valence-corrected chi connectivity index (χ4v) is 3.87. The Bertz CT molecular complexity index is 931. The van der Waals surface area contributed by atoms with E-state index in [9.17, 15) is 32.3 Å². The number of carboxylic acid groups (broad SMARTS) is 1. The SMILES string of the molecule is CC(=O)OC[C@H]1O[C@@H](NC(=S)NC[C@@H]2CCCN2)[C@H](OC(C)=O)[C@@H](OC(C)=O)[C@@H]1OC(C)=O.O=C(O)C(F)(F)F. The third-order valence-corrected chi connectivity index (χ3v) is 5.44. The van der Waals surface area contributed by atoms with Crippen LogP contribution in [0.3, 0.4) is 0 Å². The van der Waals surface area contributed by atoms with Crippen LogP contribution < -0.4 is 16.0 Å². The van der Waals surface area contributed by atoms with E-state index < -0.39 is 66.7 Å². The Morgan fingerprint density at radius 3 is 1.93 bits per heavy atom. The number of carbonyl (C=O) groups excluding carboxylic acids is 4. The number of halogens is 3. The maximum atomic E-state index is 11.8. The highest BCUT2D eigenvalue weighted by atomic mass is 32.1. The summed E-state index contributed by atoms with van der Waals surface area (Å²) in [5.74, 6) is -5.41. The molecule has 14 nitrogen and oxygen atoms in total. The first-order chi connectivity index (χ1) is 18.5. The minimum Gasteiger partial charge on any atom is -0.475 e. The maximum Gasteiger partial charge on any atom is 0.490 e. The average molecular weight is 604 g/mol. The normalized spacial score (nSPS) is 25.8. The van der Waals surface area contributed by atoms with Crippen LogP contribution in [0.1, 0.15) is 40.5 Å². The molecule has 2 saturated heterocycles. The molecule has 0 saturated carbocycles. The van der Waals surface area contributed by atoms with Crippen molar-refractivity contribution in [3.8, 4) is 0 Å². The van der Waals surface area contributed by atoms with Gasteiger partial charge in [0.2, 0.25) is 0 Å². The molecule has 228 valence electrons. The van der Waals surface area contributed by atoms with Gasteiger partial charge in [-0.2, -0.15) is 13.2 Å². The van der Waals surface area contributed by atoms with E-state index in [1.54, 1.807) is 0 Å². The molecule has 2 heterocycles. The Morgan fingerprint density at radius 2 is 1.48 bits per heavy atom. The number of esters is 4. The number of ether oxygens (including phenoxy) is 5. The van der Waals surface area contributed by atoms with Gasteiger partial charge in [-0.05, 0) is 31.6 Å². The Balaban J connectivity index is 0.00000101. The van der Waals surface area contributed by atoms with Crippen molar-refractivity contribution in [2.75, 3.05) is 19.7 Å². The van der Waals surface area contributed by atoms with Crippen LogP contribution in [0.5, 0.6) is 0 Å². The van der Waals surface area contributed by atoms with Gasteiger partial charge in [0.05, 0.1) is 0 Å². The lowest BCUT2D eigenvalue weighted by Crippen LogP contribution is -2.67. The van der Waals surface area contributed by atoms with Gasteiger partial charge in [-0.15, -0.1) is 0 Å². The van der Waals surface area contributed by atoms with Crippen LogP contribution in [0.4, 0.5) is 13.2 Å². The molecule has 0 aromatic carbocycles. The highest BCUT2D eigenvalue weighted by Crippen LogP contribution is 2.28. The molecule has 2 rings (SSSR count). The maximum absolute atomic E-state index is 11.8. The molecule has 40 heavy (non-hydrogen) atoms. The molecule has 6 atom stereocenters. The molecular formula is C22H32F3N3O11S. The number of carbonyl (C=O) groups is 5. The largest absolute Gasteiger partial charge is 0.490 e. The molecule has 0 radical (unpaired) electrons. The summed E-state index contributed by atoms with van der Waals surface area (Å²) in [5.41, 5.74) is 0. The summed E-state index contributed by atoms with van der Waals surface area (Å²) in [6.07, 6.45) is -8.80. The number of thiocarbonyl (C=S) groups is 1. The molecule has 0 bridgehead atoms. The van der Waals surface area contributed by atoms with Gasteiger partial charge in [-0.25, -0.2) is 4.79 Å². The first-order valence-corrected chi connectivity index (χ1v) is 12.3. The Morgan fingerprint density at radius 1 is 0.950 bits per heavy atom. The number of hydrogen-bond donors (Lipinski definition) is 4. The van der Waals surface area contributed by atoms with Gasteiger partial charge in [0.25, 0.3) is 0 Å². The number of aliphatic carboxylic acids is 1. The highest BCUT2D eigenvalue weighted by Gasteiger charge is 2.52. The van der Waals surface area contributed by atoms with Crippen molar-refractivity contribution in [3.63, 3.8) is 0 Å². The minimum atomic E-state index is -5.08. The highest BCUT2D eigenvalue weighted by molar-refractivity contribution is 7.80. The quantitative estimate of drug-likeness (QED) is 0.164. The van der Waals surface area contributed by atoms with Crippen LogP contribution in [-0.4, -0.2) is 103 Å². The van der Waals surface area contributed by atoms with E-state index in [-0.39, 0.29) is 17.8 Å². The van der Waals surface area contributed by atoms with E-state index >= 15 is 0 Å². The van der Waals surface area contributed by atoms with Crippen LogP contribution in [0.25, 0.3) is 0 Å². The van der Waals surface area contributed by atoms with E-state index in [2.05, 4.69) is 16.0 Å². The Kier molecular flexibility index (Phi) is 14.0. The monoisotopic (exact) mass is 603 g/mol. The predicted molar refractivity (Wildman–Crippen MR) is 130 cm³/mol. The molecule has 0 aromatic heterocycles. The Hall–Kier alpha value is -3.25. The van der Waals surface area contributed by atoms with Crippen LogP contribution in [0.15, 0.2) is 0 Å². The van der Waals surface area contributed by atoms with Gasteiger partial charge in [0, 0.05) is 40.3 Å². The van der Waals surface area contributed by atoms with Crippen molar-refractivity contribution in [2.24, 2.45) is 0 Å². The van der Waals surface area contributed by atoms with Crippen LogP contribution in [-0.2, 0) is 47.7 Å². The molecule has 2 fully saturated rings. The van der Waals surface area contributed by atoms with E-state index in [1.165, 1.54) is 13.8 Å². The van der Waals surface area contributed by atoms with E-state index in [0.29, 0.717) is 6.54 Å². The summed E-state index contributed by atoms with van der Waals surface area (Å²) >= 11 is 5.36. The number of rotatable bonds is 8. The molecule has 0 aliphatic carbocycles. The fourth-order valence-electron chi connectivity index (χ4n) is 3.67. The standard InChI is InChI=1S/C20H31N3O9S.C2HF3O2/c1-10(24)28-9-15-16(29-11(2)25)17(30-12(3)26)18(31-13(4)27)19(32-15)23-20(33)22-8-14-6-5-7-21-14;3-2(4,5)1(6)7/h14-19,21H,5-9H2,1-4H3,(H2,22,23,33);(H,6,7)/t14-,15+,16+,17-,18+,19+;/m0./s1. The molecule has 2 aliphatic heterocycles. The van der Waals surface area contributed by atoms with Crippen LogP contribution in [0, 0.1) is 0 Å². The second-order valence-electron chi connectivity index (χ2n) is 8.57. The fraction of sp³-hybridized carbons (Fsp3) is 0.727. The summed E-state index contributed by atoms with van der Waals surface area (Å²) in [7, 11) is 0. The topological polar surface area (TPSA) is 188 Å². The summed E-state index contributed by atoms with van der Waals surface area (Å²) in [6.45, 7) is 5.91. The van der Waals surface area contributed by atoms with Crippen LogP contribution >= 0.6 is 12.2 Å². The molecule has 18 heteroatoms. The van der Waals surface area contributed by atoms with Gasteiger partial charge < -0.3 is 44.7 Å². The van der Waals surface area contributed by atoms with Gasteiger partial charge >= 0.3 is 36.0 Å². The van der Waals surface area contributed by atoms with E-state index in [4.69, 9.17) is 45.8 Å². The smallest absolute Gasteiger partial charge is 0.475 e. The zero-order valence-electron chi connectivity index (χ0n) is 22.1. The molecule has 0 spiro atoms. The lowest BCUT2D eigenvalue weighted by molar-refractivity contribution is -0.254. The van der Waals surface area contributed by atoms with E-state index in [1.807, 2.05) is 0 Å². The first-order valence-electron chi connectivity index (χ1n) is 11.9. The second-order valence-corrected chi connectivity index (χ2v) is 8.98. The van der Waals surface area contributed by atoms with E-state index in [0.717, 1.165) is 33.2 Å². The van der Waals surface area contributed by atoms with Crippen molar-refractivity contribution in [1.29, 1.82) is 0 Å². The summed E-state index contributed by atoms with van der Waals surface area (Å²) < 4.78 is 58.8. The summed E-state index contributed by atoms with van der Waals surface area (Å²) in [4.78, 5) is 55.6. The molecule has 0 aromatic rings. The lowest BCUT2D eigenvalue weighted by atomic mass is 9.97. The summed E-state index contributed by atoms with van der Waals surface area (Å²) in [5, 5.41) is 16.7. The number of carboxylic acids is 1.